The van der Waals surface area contributed by atoms with E-state index in [2.05, 4.69) is 0 Å². The molecule has 0 unspecified atom stereocenters. The Morgan fingerprint density at radius 2 is 2.31 bits per heavy atom. The molecule has 0 radical (unpaired) electrons. The number of halogens is 2. The highest BCUT2D eigenvalue weighted by atomic mass is 35.5. The smallest absolute Gasteiger partial charge is 0.244 e. The van der Waals surface area contributed by atoms with Gasteiger partial charge in [0.1, 0.15) is 4.34 Å². The second-order valence-electron chi connectivity index (χ2n) is 2.31. The summed E-state index contributed by atoms with van der Waals surface area (Å²) in [6.45, 7) is 1.42. The van der Waals surface area contributed by atoms with Crippen molar-refractivity contribution >= 4 is 40.6 Å². The molecule has 70 valence electrons. The zero-order valence-corrected chi connectivity index (χ0v) is 8.91. The molecular formula is C7H5Cl2NO2S. The van der Waals surface area contributed by atoms with E-state index in [1.165, 1.54) is 24.3 Å². The third kappa shape index (κ3) is 2.69. The lowest BCUT2D eigenvalue weighted by atomic mass is 10.4. The van der Waals surface area contributed by atoms with Gasteiger partial charge < -0.3 is 0 Å². The fourth-order valence-electron chi connectivity index (χ4n) is 0.693. The van der Waals surface area contributed by atoms with E-state index in [1.54, 1.807) is 6.07 Å². The Morgan fingerprint density at radius 1 is 1.69 bits per heavy atom. The van der Waals surface area contributed by atoms with Crippen molar-refractivity contribution in [1.82, 2.24) is 0 Å². The summed E-state index contributed by atoms with van der Waals surface area (Å²) in [5.74, 6) is 0. The monoisotopic (exact) mass is 237 g/mol. The van der Waals surface area contributed by atoms with E-state index in [0.29, 0.717) is 14.2 Å². The minimum Gasteiger partial charge on any atom is -0.259 e. The van der Waals surface area contributed by atoms with Crippen molar-refractivity contribution in [3.63, 3.8) is 0 Å². The van der Waals surface area contributed by atoms with Gasteiger partial charge in [-0.2, -0.15) is 0 Å². The zero-order chi connectivity index (χ0) is 10.0. The Labute approximate surface area is 88.7 Å². The van der Waals surface area contributed by atoms with Crippen LogP contribution in [0, 0.1) is 10.1 Å². The van der Waals surface area contributed by atoms with E-state index < -0.39 is 4.92 Å². The van der Waals surface area contributed by atoms with E-state index in [1.807, 2.05) is 0 Å². The summed E-state index contributed by atoms with van der Waals surface area (Å²) >= 11 is 12.6. The Bertz CT molecular complexity index is 353. The predicted octanol–water partition coefficient (Wildman–Crippen LogP) is 3.69. The van der Waals surface area contributed by atoms with Crippen molar-refractivity contribution in [1.29, 1.82) is 0 Å². The SMILES string of the molecule is CC(=Cc1cc(Cl)c(Cl)s1)[N+](=O)[O-]. The summed E-state index contributed by atoms with van der Waals surface area (Å²) in [5.41, 5.74) is 0.0644. The Hall–Kier alpha value is -0.580. The number of allylic oxidation sites excluding steroid dienone is 1. The van der Waals surface area contributed by atoms with Crippen LogP contribution in [0.15, 0.2) is 11.8 Å². The summed E-state index contributed by atoms with van der Waals surface area (Å²) in [6.07, 6.45) is 1.43. The summed E-state index contributed by atoms with van der Waals surface area (Å²) in [6, 6.07) is 1.60. The summed E-state index contributed by atoms with van der Waals surface area (Å²) in [7, 11) is 0. The second-order valence-corrected chi connectivity index (χ2v) is 4.41. The third-order valence-electron chi connectivity index (χ3n) is 1.30. The number of thiophene rings is 1. The van der Waals surface area contributed by atoms with E-state index in [9.17, 15) is 10.1 Å². The van der Waals surface area contributed by atoms with Gasteiger partial charge in [0.15, 0.2) is 0 Å². The second kappa shape index (κ2) is 4.09. The van der Waals surface area contributed by atoms with Gasteiger partial charge in [-0.3, -0.25) is 10.1 Å². The van der Waals surface area contributed by atoms with Crippen LogP contribution in [-0.4, -0.2) is 4.92 Å². The summed E-state index contributed by atoms with van der Waals surface area (Å²) in [5, 5.41) is 10.7. The molecule has 1 rings (SSSR count). The number of hydrogen-bond donors (Lipinski definition) is 0. The largest absolute Gasteiger partial charge is 0.259 e. The zero-order valence-electron chi connectivity index (χ0n) is 6.58. The Morgan fingerprint density at radius 3 is 2.69 bits per heavy atom. The Kier molecular flexibility index (Phi) is 3.30. The molecule has 0 atom stereocenters. The highest BCUT2D eigenvalue weighted by molar-refractivity contribution is 7.17. The van der Waals surface area contributed by atoms with Crippen molar-refractivity contribution in [2.75, 3.05) is 0 Å². The molecule has 1 aromatic rings. The normalized spacial score (nSPS) is 11.8. The van der Waals surface area contributed by atoms with Crippen LogP contribution >= 0.6 is 34.5 Å². The van der Waals surface area contributed by atoms with Gasteiger partial charge in [-0.1, -0.05) is 23.2 Å². The maximum Gasteiger partial charge on any atom is 0.244 e. The molecule has 0 spiro atoms. The first-order chi connectivity index (χ1) is 6.00. The predicted molar refractivity (Wildman–Crippen MR) is 55.0 cm³/mol. The summed E-state index contributed by atoms with van der Waals surface area (Å²) in [4.78, 5) is 10.5. The van der Waals surface area contributed by atoms with Crippen LogP contribution < -0.4 is 0 Å². The first kappa shape index (κ1) is 10.5. The molecule has 1 aromatic heterocycles. The molecule has 0 amide bonds. The van der Waals surface area contributed by atoms with Gasteiger partial charge in [0.25, 0.3) is 0 Å². The molecule has 0 aromatic carbocycles. The summed E-state index contributed by atoms with van der Waals surface area (Å²) < 4.78 is 0.448. The molecular weight excluding hydrogens is 233 g/mol. The maximum absolute atomic E-state index is 10.3. The molecule has 0 N–H and O–H groups in total. The van der Waals surface area contributed by atoms with Crippen LogP contribution in [-0.2, 0) is 0 Å². The van der Waals surface area contributed by atoms with Crippen LogP contribution in [0.1, 0.15) is 11.8 Å². The highest BCUT2D eigenvalue weighted by Crippen LogP contribution is 2.32. The van der Waals surface area contributed by atoms with Crippen molar-refractivity contribution in [3.05, 3.63) is 36.1 Å². The fourth-order valence-corrected chi connectivity index (χ4v) is 2.08. The van der Waals surface area contributed by atoms with Gasteiger partial charge in [-0.25, -0.2) is 0 Å². The quantitative estimate of drug-likeness (QED) is 0.582. The minimum absolute atomic E-state index is 0.0644. The average molecular weight is 238 g/mol. The standard InChI is InChI=1S/C7H5Cl2NO2S/c1-4(10(11)12)2-5-3-6(8)7(9)13-5/h2-3H,1H3. The van der Waals surface area contributed by atoms with Crippen molar-refractivity contribution in [2.24, 2.45) is 0 Å². The molecule has 13 heavy (non-hydrogen) atoms. The number of nitrogens with zero attached hydrogens (tertiary/aromatic N) is 1. The molecule has 0 saturated heterocycles. The molecule has 0 saturated carbocycles. The van der Waals surface area contributed by atoms with Crippen LogP contribution in [0.5, 0.6) is 0 Å². The average Bonchev–Trinajstić information content (AvgIpc) is 2.31. The number of nitro groups is 1. The number of hydrogen-bond acceptors (Lipinski definition) is 3. The molecule has 6 heteroatoms. The van der Waals surface area contributed by atoms with Crippen LogP contribution in [0.2, 0.25) is 9.36 Å². The van der Waals surface area contributed by atoms with Crippen LogP contribution in [0.25, 0.3) is 6.08 Å². The third-order valence-corrected chi connectivity index (χ3v) is 3.12. The van der Waals surface area contributed by atoms with Gasteiger partial charge in [-0.05, 0) is 6.07 Å². The van der Waals surface area contributed by atoms with Gasteiger partial charge in [0, 0.05) is 17.9 Å². The maximum atomic E-state index is 10.3. The van der Waals surface area contributed by atoms with Crippen molar-refractivity contribution in [2.45, 2.75) is 6.92 Å². The lowest BCUT2D eigenvalue weighted by Gasteiger charge is -1.86. The highest BCUT2D eigenvalue weighted by Gasteiger charge is 2.06. The topological polar surface area (TPSA) is 43.1 Å². The van der Waals surface area contributed by atoms with Crippen LogP contribution in [0.3, 0.4) is 0 Å². The van der Waals surface area contributed by atoms with E-state index in [-0.39, 0.29) is 5.70 Å². The van der Waals surface area contributed by atoms with Gasteiger partial charge in [0.2, 0.25) is 5.70 Å². The lowest BCUT2D eigenvalue weighted by molar-refractivity contribution is -0.422. The van der Waals surface area contributed by atoms with E-state index in [0.717, 1.165) is 0 Å². The first-order valence-corrected chi connectivity index (χ1v) is 4.85. The Balaban J connectivity index is 2.98. The van der Waals surface area contributed by atoms with Gasteiger partial charge in [0.05, 0.1) is 9.95 Å². The van der Waals surface area contributed by atoms with Crippen molar-refractivity contribution < 1.29 is 4.92 Å². The molecule has 0 fully saturated rings. The molecule has 0 aliphatic heterocycles. The number of rotatable bonds is 2. The van der Waals surface area contributed by atoms with Crippen LogP contribution in [0.4, 0.5) is 0 Å². The lowest BCUT2D eigenvalue weighted by Crippen LogP contribution is -1.91. The molecule has 0 aliphatic rings. The molecule has 0 aliphatic carbocycles. The van der Waals surface area contributed by atoms with Gasteiger partial charge >= 0.3 is 0 Å². The molecule has 1 heterocycles. The fraction of sp³-hybridized carbons (Fsp3) is 0.143. The van der Waals surface area contributed by atoms with Crippen molar-refractivity contribution in [3.8, 4) is 0 Å². The molecule has 0 bridgehead atoms. The van der Waals surface area contributed by atoms with E-state index in [4.69, 9.17) is 23.2 Å². The molecule has 3 nitrogen and oxygen atoms in total. The van der Waals surface area contributed by atoms with E-state index >= 15 is 0 Å². The first-order valence-electron chi connectivity index (χ1n) is 3.28. The van der Waals surface area contributed by atoms with Gasteiger partial charge in [-0.15, -0.1) is 11.3 Å². The minimum atomic E-state index is -0.457.